The van der Waals surface area contributed by atoms with E-state index in [2.05, 4.69) is 21.3 Å². The third-order valence-corrected chi connectivity index (χ3v) is 6.17. The molecule has 12 nitrogen and oxygen atoms in total. The van der Waals surface area contributed by atoms with Crippen molar-refractivity contribution in [3.8, 4) is 5.75 Å². The average Bonchev–Trinajstić information content (AvgIpc) is 3.26. The lowest BCUT2D eigenvalue weighted by Crippen LogP contribution is -2.53. The van der Waals surface area contributed by atoms with Crippen LogP contribution in [0.1, 0.15) is 37.0 Å². The molecule has 6 amide bonds. The number of urea groups is 1. The first kappa shape index (κ1) is 27.8. The molecule has 0 bridgehead atoms. The molecule has 0 saturated carbocycles. The molecule has 2 atom stereocenters. The molecule has 2 aliphatic heterocycles. The van der Waals surface area contributed by atoms with Gasteiger partial charge < -0.3 is 35.8 Å². The van der Waals surface area contributed by atoms with Crippen molar-refractivity contribution in [1.82, 2.24) is 31.1 Å². The molecular formula is C25H36N6O6. The number of para-hydroxylation sites is 1. The summed E-state index contributed by atoms with van der Waals surface area (Å²) in [6.07, 6.45) is 0.0517. The number of carbonyl (C=O) groups is 5. The van der Waals surface area contributed by atoms with Crippen LogP contribution in [0, 0.1) is 5.92 Å². The quantitative estimate of drug-likeness (QED) is 0.408. The van der Waals surface area contributed by atoms with Crippen molar-refractivity contribution in [1.29, 1.82) is 0 Å². The van der Waals surface area contributed by atoms with Crippen molar-refractivity contribution in [3.05, 3.63) is 29.8 Å². The van der Waals surface area contributed by atoms with Gasteiger partial charge in [0.15, 0.2) is 0 Å². The molecular weight excluding hydrogens is 480 g/mol. The Morgan fingerprint density at radius 1 is 1.14 bits per heavy atom. The van der Waals surface area contributed by atoms with E-state index in [4.69, 9.17) is 4.74 Å². The highest BCUT2D eigenvalue weighted by molar-refractivity contribution is 6.01. The van der Waals surface area contributed by atoms with Crippen LogP contribution in [-0.2, 0) is 14.4 Å². The van der Waals surface area contributed by atoms with Gasteiger partial charge in [-0.1, -0.05) is 26.0 Å². The van der Waals surface area contributed by atoms with Crippen molar-refractivity contribution >= 4 is 29.7 Å². The lowest BCUT2D eigenvalue weighted by atomic mass is 10.0. The number of carbonyl (C=O) groups excluding carboxylic acids is 5. The number of nitrogens with zero attached hydrogens (tertiary/aromatic N) is 2. The molecule has 1 fully saturated rings. The predicted molar refractivity (Wildman–Crippen MR) is 135 cm³/mol. The summed E-state index contributed by atoms with van der Waals surface area (Å²) in [6.45, 7) is 5.82. The van der Waals surface area contributed by atoms with E-state index in [0.717, 1.165) is 0 Å². The Morgan fingerprint density at radius 3 is 2.59 bits per heavy atom. The summed E-state index contributed by atoms with van der Waals surface area (Å²) in [6, 6.07) is 4.39. The Bertz CT molecular complexity index is 1020. The minimum atomic E-state index is -1.21. The van der Waals surface area contributed by atoms with Crippen LogP contribution in [0.25, 0.3) is 0 Å². The first-order valence-electron chi connectivity index (χ1n) is 12.5. The summed E-state index contributed by atoms with van der Waals surface area (Å²) in [5.74, 6) is -1.50. The van der Waals surface area contributed by atoms with Gasteiger partial charge in [-0.15, -0.1) is 0 Å². The molecule has 3 rings (SSSR count). The van der Waals surface area contributed by atoms with Crippen molar-refractivity contribution in [2.45, 2.75) is 38.8 Å². The summed E-state index contributed by atoms with van der Waals surface area (Å²) < 4.78 is 5.80. The highest BCUT2D eigenvalue weighted by Gasteiger charge is 2.30. The molecule has 12 heteroatoms. The number of hydrogen-bond acceptors (Lipinski definition) is 6. The van der Waals surface area contributed by atoms with Crippen LogP contribution < -0.4 is 26.0 Å². The molecule has 2 aliphatic rings. The van der Waals surface area contributed by atoms with E-state index >= 15 is 0 Å². The van der Waals surface area contributed by atoms with E-state index in [9.17, 15) is 24.0 Å². The fourth-order valence-electron chi connectivity index (χ4n) is 4.19. The number of hydrogen-bond donors (Lipinski definition) is 4. The maximum absolute atomic E-state index is 13.1. The molecule has 37 heavy (non-hydrogen) atoms. The average molecular weight is 517 g/mol. The Balaban J connectivity index is 1.80. The van der Waals surface area contributed by atoms with E-state index in [1.165, 1.54) is 4.90 Å². The van der Waals surface area contributed by atoms with Crippen molar-refractivity contribution in [2.75, 3.05) is 46.4 Å². The molecule has 0 radical (unpaired) electrons. The van der Waals surface area contributed by atoms with E-state index in [1.54, 1.807) is 36.2 Å². The zero-order chi connectivity index (χ0) is 26.9. The SMILES string of the molecule is CC(C)C[C@H]1NC(=O)C[C@@H](C(=O)NCCN2CCNC2=O)NC(=O)c2ccccc2OCCN(C)C1=O. The number of fused-ring (bicyclic) bond motifs is 1. The van der Waals surface area contributed by atoms with Crippen LogP contribution in [0.4, 0.5) is 4.79 Å². The Labute approximate surface area is 216 Å². The number of amides is 6. The Morgan fingerprint density at radius 2 is 1.89 bits per heavy atom. The minimum absolute atomic E-state index is 0.131. The number of ether oxygens (including phenoxy) is 1. The van der Waals surface area contributed by atoms with Crippen LogP contribution in [0.15, 0.2) is 24.3 Å². The van der Waals surface area contributed by atoms with E-state index in [1.807, 2.05) is 13.8 Å². The van der Waals surface area contributed by atoms with Gasteiger partial charge in [-0.3, -0.25) is 19.2 Å². The zero-order valence-corrected chi connectivity index (χ0v) is 21.5. The van der Waals surface area contributed by atoms with Gasteiger partial charge in [0.05, 0.1) is 18.5 Å². The van der Waals surface area contributed by atoms with Crippen LogP contribution in [0.5, 0.6) is 5.75 Å². The molecule has 0 aliphatic carbocycles. The first-order valence-corrected chi connectivity index (χ1v) is 12.5. The molecule has 0 spiro atoms. The topological polar surface area (TPSA) is 149 Å². The number of rotatable bonds is 6. The smallest absolute Gasteiger partial charge is 0.317 e. The Kier molecular flexibility index (Phi) is 9.70. The summed E-state index contributed by atoms with van der Waals surface area (Å²) in [7, 11) is 1.63. The lowest BCUT2D eigenvalue weighted by Gasteiger charge is -2.27. The maximum atomic E-state index is 13.1. The van der Waals surface area contributed by atoms with Gasteiger partial charge in [0.25, 0.3) is 5.91 Å². The maximum Gasteiger partial charge on any atom is 0.317 e. The lowest BCUT2D eigenvalue weighted by molar-refractivity contribution is -0.136. The molecule has 2 heterocycles. The van der Waals surface area contributed by atoms with Crippen LogP contribution >= 0.6 is 0 Å². The fourth-order valence-corrected chi connectivity index (χ4v) is 4.19. The van der Waals surface area contributed by atoms with Crippen molar-refractivity contribution in [2.24, 2.45) is 5.92 Å². The standard InChI is InChI=1S/C25H36N6O6/c1-16(2)14-19-24(35)30(3)12-13-37-20-7-5-4-6-17(20)22(33)29-18(15-21(32)28-19)23(34)26-8-10-31-11-9-27-25(31)36/h4-7,16,18-19H,8-15H2,1-3H3,(H,26,34)(H,27,36)(H,28,32)(H,29,33)/t18-,19+/m0/s1. The largest absolute Gasteiger partial charge is 0.491 e. The fraction of sp³-hybridized carbons (Fsp3) is 0.560. The van der Waals surface area contributed by atoms with Crippen LogP contribution in [0.2, 0.25) is 0 Å². The van der Waals surface area contributed by atoms with Crippen LogP contribution in [0.3, 0.4) is 0 Å². The number of nitrogens with one attached hydrogen (secondary N) is 4. The van der Waals surface area contributed by atoms with Gasteiger partial charge in [-0.2, -0.15) is 0 Å². The Hall–Kier alpha value is -3.83. The second kappa shape index (κ2) is 12.9. The van der Waals surface area contributed by atoms with Gasteiger partial charge in [0.2, 0.25) is 17.7 Å². The third-order valence-electron chi connectivity index (χ3n) is 6.17. The van der Waals surface area contributed by atoms with Crippen molar-refractivity contribution < 1.29 is 28.7 Å². The van der Waals surface area contributed by atoms with Gasteiger partial charge in [0.1, 0.15) is 24.4 Å². The molecule has 1 aromatic carbocycles. The molecule has 202 valence electrons. The molecule has 1 saturated heterocycles. The van der Waals surface area contributed by atoms with Crippen molar-refractivity contribution in [3.63, 3.8) is 0 Å². The number of likely N-dealkylation sites (N-methyl/N-ethyl adjacent to an activating group) is 1. The highest BCUT2D eigenvalue weighted by Crippen LogP contribution is 2.19. The third kappa shape index (κ3) is 7.83. The van der Waals surface area contributed by atoms with Gasteiger partial charge in [0, 0.05) is 33.2 Å². The summed E-state index contributed by atoms with van der Waals surface area (Å²) in [5.41, 5.74) is 0.207. The molecule has 0 aromatic heterocycles. The van der Waals surface area contributed by atoms with E-state index < -0.39 is 29.8 Å². The summed E-state index contributed by atoms with van der Waals surface area (Å²) in [5, 5.41) is 10.8. The highest BCUT2D eigenvalue weighted by atomic mass is 16.5. The van der Waals surface area contributed by atoms with E-state index in [0.29, 0.717) is 31.8 Å². The van der Waals surface area contributed by atoms with Gasteiger partial charge >= 0.3 is 6.03 Å². The summed E-state index contributed by atoms with van der Waals surface area (Å²) >= 11 is 0. The normalized spacial score (nSPS) is 21.4. The minimum Gasteiger partial charge on any atom is -0.491 e. The molecule has 4 N–H and O–H groups in total. The second-order valence-electron chi connectivity index (χ2n) is 9.59. The summed E-state index contributed by atoms with van der Waals surface area (Å²) in [4.78, 5) is 67.0. The second-order valence-corrected chi connectivity index (χ2v) is 9.59. The number of benzene rings is 1. The zero-order valence-electron chi connectivity index (χ0n) is 21.5. The van der Waals surface area contributed by atoms with Gasteiger partial charge in [-0.25, -0.2) is 4.79 Å². The van der Waals surface area contributed by atoms with Crippen LogP contribution in [-0.4, -0.2) is 97.9 Å². The molecule has 0 unspecified atom stereocenters. The van der Waals surface area contributed by atoms with Gasteiger partial charge in [-0.05, 0) is 24.5 Å². The van der Waals surface area contributed by atoms with E-state index in [-0.39, 0.29) is 49.5 Å². The first-order chi connectivity index (χ1) is 17.7. The monoisotopic (exact) mass is 516 g/mol. The predicted octanol–water partition coefficient (Wildman–Crippen LogP) is -0.302. The molecule has 1 aromatic rings.